The summed E-state index contributed by atoms with van der Waals surface area (Å²) in [6, 6.07) is 8.08. The van der Waals surface area contributed by atoms with Gasteiger partial charge in [0.15, 0.2) is 13.2 Å². The molecule has 0 saturated carbocycles. The Morgan fingerprint density at radius 2 is 1.88 bits per heavy atom. The van der Waals surface area contributed by atoms with Gasteiger partial charge in [0.2, 0.25) is 0 Å². The van der Waals surface area contributed by atoms with Crippen molar-refractivity contribution in [3.63, 3.8) is 0 Å². The molecule has 1 aromatic carbocycles. The lowest BCUT2D eigenvalue weighted by molar-refractivity contribution is -0.150. The van der Waals surface area contributed by atoms with E-state index in [9.17, 15) is 14.4 Å². The highest BCUT2D eigenvalue weighted by atomic mass is 16.6. The SMILES string of the molecule is COC(=O)c1ccc(CNC(=O)COC(=O)COc2cc(C)on2)cc1. The molecular formula is C17H18N2O7. The summed E-state index contributed by atoms with van der Waals surface area (Å²) in [6.07, 6.45) is 0. The Morgan fingerprint density at radius 1 is 1.15 bits per heavy atom. The number of aryl methyl sites for hydroxylation is 1. The largest absolute Gasteiger partial charge is 0.465 e. The summed E-state index contributed by atoms with van der Waals surface area (Å²) in [5, 5.41) is 6.15. The molecule has 1 amide bonds. The van der Waals surface area contributed by atoms with Gasteiger partial charge in [-0.1, -0.05) is 12.1 Å². The lowest BCUT2D eigenvalue weighted by atomic mass is 10.1. The molecule has 26 heavy (non-hydrogen) atoms. The molecule has 0 radical (unpaired) electrons. The first kappa shape index (κ1) is 19.0. The van der Waals surface area contributed by atoms with E-state index in [1.54, 1.807) is 31.2 Å². The first-order valence-corrected chi connectivity index (χ1v) is 7.63. The van der Waals surface area contributed by atoms with Gasteiger partial charge in [0.05, 0.1) is 12.7 Å². The lowest BCUT2D eigenvalue weighted by Crippen LogP contribution is -2.29. The molecular weight excluding hydrogens is 344 g/mol. The highest BCUT2D eigenvalue weighted by Gasteiger charge is 2.10. The maximum atomic E-state index is 11.7. The normalized spacial score (nSPS) is 10.1. The van der Waals surface area contributed by atoms with E-state index in [-0.39, 0.29) is 19.0 Å². The number of rotatable bonds is 8. The minimum atomic E-state index is -0.705. The Morgan fingerprint density at radius 3 is 2.50 bits per heavy atom. The van der Waals surface area contributed by atoms with Crippen LogP contribution in [0, 0.1) is 6.92 Å². The van der Waals surface area contributed by atoms with Crippen LogP contribution in [0.3, 0.4) is 0 Å². The molecule has 0 aliphatic carbocycles. The fourth-order valence-electron chi connectivity index (χ4n) is 1.86. The summed E-state index contributed by atoms with van der Waals surface area (Å²) in [7, 11) is 1.30. The summed E-state index contributed by atoms with van der Waals surface area (Å²) in [5.74, 6) is -0.891. The second kappa shape index (κ2) is 9.21. The Balaban J connectivity index is 1.66. The van der Waals surface area contributed by atoms with Crippen molar-refractivity contribution in [2.24, 2.45) is 0 Å². The van der Waals surface area contributed by atoms with Crippen LogP contribution in [0.25, 0.3) is 0 Å². The van der Waals surface area contributed by atoms with E-state index in [2.05, 4.69) is 15.2 Å². The Hall–Kier alpha value is -3.36. The summed E-state index contributed by atoms with van der Waals surface area (Å²) in [5.41, 5.74) is 1.20. The summed E-state index contributed by atoms with van der Waals surface area (Å²) >= 11 is 0. The van der Waals surface area contributed by atoms with Crippen LogP contribution in [0.15, 0.2) is 34.9 Å². The molecule has 1 N–H and O–H groups in total. The molecule has 0 fully saturated rings. The Labute approximate surface area is 149 Å². The molecule has 0 bridgehead atoms. The van der Waals surface area contributed by atoms with Crippen molar-refractivity contribution in [1.82, 2.24) is 10.5 Å². The van der Waals surface area contributed by atoms with Gasteiger partial charge in [0, 0.05) is 12.6 Å². The quantitative estimate of drug-likeness (QED) is 0.692. The monoisotopic (exact) mass is 362 g/mol. The van der Waals surface area contributed by atoms with Gasteiger partial charge in [0.1, 0.15) is 5.76 Å². The third-order valence-corrected chi connectivity index (χ3v) is 3.17. The number of nitrogens with one attached hydrogen (secondary N) is 1. The van der Waals surface area contributed by atoms with Gasteiger partial charge in [-0.2, -0.15) is 0 Å². The van der Waals surface area contributed by atoms with Crippen LogP contribution in [0.4, 0.5) is 0 Å². The molecule has 0 atom stereocenters. The Bertz CT molecular complexity index is 768. The number of hydrogen-bond acceptors (Lipinski definition) is 8. The van der Waals surface area contributed by atoms with Gasteiger partial charge < -0.3 is 24.1 Å². The third-order valence-electron chi connectivity index (χ3n) is 3.17. The zero-order valence-electron chi connectivity index (χ0n) is 14.3. The zero-order chi connectivity index (χ0) is 18.9. The van der Waals surface area contributed by atoms with Crippen LogP contribution in [0.5, 0.6) is 5.88 Å². The van der Waals surface area contributed by atoms with E-state index in [4.69, 9.17) is 14.0 Å². The number of ether oxygens (including phenoxy) is 3. The zero-order valence-corrected chi connectivity index (χ0v) is 14.3. The van der Waals surface area contributed by atoms with Gasteiger partial charge in [0.25, 0.3) is 11.8 Å². The minimum Gasteiger partial charge on any atom is -0.465 e. The molecule has 0 spiro atoms. The van der Waals surface area contributed by atoms with Crippen molar-refractivity contribution in [2.75, 3.05) is 20.3 Å². The lowest BCUT2D eigenvalue weighted by Gasteiger charge is -2.07. The van der Waals surface area contributed by atoms with Crippen LogP contribution in [0.1, 0.15) is 21.7 Å². The van der Waals surface area contributed by atoms with E-state index in [0.717, 1.165) is 5.56 Å². The van der Waals surface area contributed by atoms with Crippen LogP contribution in [-0.2, 0) is 25.6 Å². The fourth-order valence-corrected chi connectivity index (χ4v) is 1.86. The van der Waals surface area contributed by atoms with Crippen LogP contribution in [0.2, 0.25) is 0 Å². The van der Waals surface area contributed by atoms with E-state index in [1.165, 1.54) is 13.2 Å². The summed E-state index contributed by atoms with van der Waals surface area (Å²) in [6.45, 7) is 1.10. The second-order valence-corrected chi connectivity index (χ2v) is 5.19. The number of esters is 2. The van der Waals surface area contributed by atoms with Gasteiger partial charge in [-0.25, -0.2) is 9.59 Å². The van der Waals surface area contributed by atoms with Crippen molar-refractivity contribution < 1.29 is 33.1 Å². The predicted octanol–water partition coefficient (Wildman–Crippen LogP) is 1.01. The number of nitrogens with zero attached hydrogens (tertiary/aromatic N) is 1. The maximum absolute atomic E-state index is 11.7. The van der Waals surface area contributed by atoms with E-state index < -0.39 is 24.5 Å². The molecule has 1 aromatic heterocycles. The number of benzene rings is 1. The number of amides is 1. The number of carbonyl (C=O) groups excluding carboxylic acids is 3. The van der Waals surface area contributed by atoms with Gasteiger partial charge in [-0.05, 0) is 29.8 Å². The first-order valence-electron chi connectivity index (χ1n) is 7.63. The van der Waals surface area contributed by atoms with Crippen LogP contribution >= 0.6 is 0 Å². The number of carbonyl (C=O) groups is 3. The standard InChI is InChI=1S/C17H18N2O7/c1-11-7-15(19-26-11)24-10-16(21)25-9-14(20)18-8-12-3-5-13(6-4-12)17(22)23-2/h3-7H,8-10H2,1-2H3,(H,18,20). The summed E-state index contributed by atoms with van der Waals surface area (Å²) in [4.78, 5) is 34.5. The highest BCUT2D eigenvalue weighted by molar-refractivity contribution is 5.89. The molecule has 0 unspecified atom stereocenters. The molecule has 0 aliphatic rings. The van der Waals surface area contributed by atoms with E-state index >= 15 is 0 Å². The van der Waals surface area contributed by atoms with Gasteiger partial charge in [-0.3, -0.25) is 4.79 Å². The van der Waals surface area contributed by atoms with E-state index in [0.29, 0.717) is 11.3 Å². The number of hydrogen-bond donors (Lipinski definition) is 1. The highest BCUT2D eigenvalue weighted by Crippen LogP contribution is 2.09. The second-order valence-electron chi connectivity index (χ2n) is 5.19. The van der Waals surface area contributed by atoms with Crippen molar-refractivity contribution in [3.05, 3.63) is 47.2 Å². The van der Waals surface area contributed by atoms with Gasteiger partial charge >= 0.3 is 11.9 Å². The first-order chi connectivity index (χ1) is 12.5. The summed E-state index contributed by atoms with van der Waals surface area (Å²) < 4.78 is 19.2. The third kappa shape index (κ3) is 5.93. The van der Waals surface area contributed by atoms with Crippen molar-refractivity contribution in [1.29, 1.82) is 0 Å². The predicted molar refractivity (Wildman–Crippen MR) is 87.3 cm³/mol. The molecule has 9 nitrogen and oxygen atoms in total. The topological polar surface area (TPSA) is 117 Å². The average molecular weight is 362 g/mol. The van der Waals surface area contributed by atoms with Crippen molar-refractivity contribution >= 4 is 17.8 Å². The van der Waals surface area contributed by atoms with Gasteiger partial charge in [-0.15, -0.1) is 0 Å². The minimum absolute atomic E-state index is 0.166. The molecule has 1 heterocycles. The molecule has 2 rings (SSSR count). The van der Waals surface area contributed by atoms with E-state index in [1.807, 2.05) is 0 Å². The van der Waals surface area contributed by atoms with Crippen LogP contribution < -0.4 is 10.1 Å². The van der Waals surface area contributed by atoms with Crippen molar-refractivity contribution in [2.45, 2.75) is 13.5 Å². The fraction of sp³-hybridized carbons (Fsp3) is 0.294. The van der Waals surface area contributed by atoms with Crippen LogP contribution in [-0.4, -0.2) is 43.3 Å². The average Bonchev–Trinajstić information content (AvgIpc) is 3.08. The molecule has 9 heteroatoms. The molecule has 2 aromatic rings. The molecule has 0 aliphatic heterocycles. The number of methoxy groups -OCH3 is 1. The van der Waals surface area contributed by atoms with Crippen molar-refractivity contribution in [3.8, 4) is 5.88 Å². The number of aromatic nitrogens is 1. The smallest absolute Gasteiger partial charge is 0.344 e. The molecule has 0 saturated heterocycles. The Kier molecular flexibility index (Phi) is 6.72. The maximum Gasteiger partial charge on any atom is 0.344 e. The molecule has 138 valence electrons.